The summed E-state index contributed by atoms with van der Waals surface area (Å²) in [6, 6.07) is 5.07. The average molecular weight is 286 g/mol. The largest absolute Gasteiger partial charge is 0.310 e. The van der Waals surface area contributed by atoms with Gasteiger partial charge in [-0.25, -0.2) is 4.39 Å². The van der Waals surface area contributed by atoms with E-state index in [1.54, 1.807) is 6.07 Å². The van der Waals surface area contributed by atoms with Gasteiger partial charge in [0.1, 0.15) is 5.82 Å². The highest BCUT2D eigenvalue weighted by Gasteiger charge is 2.18. The Morgan fingerprint density at radius 1 is 1.26 bits per heavy atom. The summed E-state index contributed by atoms with van der Waals surface area (Å²) in [4.78, 5) is 0. The van der Waals surface area contributed by atoms with E-state index >= 15 is 0 Å². The van der Waals surface area contributed by atoms with Crippen molar-refractivity contribution in [1.82, 2.24) is 5.32 Å². The van der Waals surface area contributed by atoms with Gasteiger partial charge in [0.25, 0.3) is 0 Å². The molecule has 2 atom stereocenters. The van der Waals surface area contributed by atoms with Crippen LogP contribution in [0.5, 0.6) is 0 Å². The van der Waals surface area contributed by atoms with Gasteiger partial charge in [-0.05, 0) is 37.4 Å². The Morgan fingerprint density at radius 2 is 2.00 bits per heavy atom. The van der Waals surface area contributed by atoms with E-state index in [2.05, 4.69) is 26.1 Å². The molecule has 0 heterocycles. The lowest BCUT2D eigenvalue weighted by atomic mass is 9.92. The van der Waals surface area contributed by atoms with Gasteiger partial charge >= 0.3 is 0 Å². The Morgan fingerprint density at radius 3 is 2.58 bits per heavy atom. The first-order valence-electron chi connectivity index (χ1n) is 7.26. The van der Waals surface area contributed by atoms with E-state index in [4.69, 9.17) is 11.6 Å². The van der Waals surface area contributed by atoms with Crippen molar-refractivity contribution in [3.63, 3.8) is 0 Å². The Bertz CT molecular complexity index is 381. The second kappa shape index (κ2) is 8.55. The molecule has 1 aromatic carbocycles. The number of hydrogen-bond acceptors (Lipinski definition) is 1. The zero-order valence-electron chi connectivity index (χ0n) is 12.2. The van der Waals surface area contributed by atoms with Crippen LogP contribution in [0.4, 0.5) is 4.39 Å². The highest BCUT2D eigenvalue weighted by Crippen LogP contribution is 2.27. The second-order valence-electron chi connectivity index (χ2n) is 5.30. The Hall–Kier alpha value is -0.600. The third-order valence-corrected chi connectivity index (χ3v) is 3.63. The zero-order chi connectivity index (χ0) is 14.3. The number of halogens is 2. The lowest BCUT2D eigenvalue weighted by Gasteiger charge is -2.23. The Balaban J connectivity index is 2.82. The van der Waals surface area contributed by atoms with Crippen molar-refractivity contribution < 1.29 is 4.39 Å². The summed E-state index contributed by atoms with van der Waals surface area (Å²) in [7, 11) is 0. The normalized spacial score (nSPS) is 14.4. The van der Waals surface area contributed by atoms with Crippen molar-refractivity contribution in [2.24, 2.45) is 5.92 Å². The van der Waals surface area contributed by atoms with Crippen molar-refractivity contribution in [3.8, 4) is 0 Å². The summed E-state index contributed by atoms with van der Waals surface area (Å²) in [5.41, 5.74) is 0.737. The van der Waals surface area contributed by atoms with Crippen LogP contribution in [0.15, 0.2) is 18.2 Å². The summed E-state index contributed by atoms with van der Waals surface area (Å²) in [6.45, 7) is 7.45. The van der Waals surface area contributed by atoms with Crippen LogP contribution in [-0.4, -0.2) is 6.54 Å². The van der Waals surface area contributed by atoms with Gasteiger partial charge < -0.3 is 5.32 Å². The predicted molar refractivity (Wildman–Crippen MR) is 81.1 cm³/mol. The van der Waals surface area contributed by atoms with Crippen molar-refractivity contribution >= 4 is 11.6 Å². The van der Waals surface area contributed by atoms with Gasteiger partial charge in [0.2, 0.25) is 0 Å². The van der Waals surface area contributed by atoms with Crippen LogP contribution < -0.4 is 5.32 Å². The molecular weight excluding hydrogens is 261 g/mol. The minimum atomic E-state index is -0.204. The first-order valence-corrected chi connectivity index (χ1v) is 7.64. The molecule has 0 amide bonds. The maximum atomic E-state index is 14.0. The molecule has 0 saturated heterocycles. The molecule has 0 aliphatic heterocycles. The first-order chi connectivity index (χ1) is 9.08. The molecule has 108 valence electrons. The van der Waals surface area contributed by atoms with Gasteiger partial charge in [-0.2, -0.15) is 0 Å². The van der Waals surface area contributed by atoms with Crippen LogP contribution in [0.2, 0.25) is 5.02 Å². The fourth-order valence-corrected chi connectivity index (χ4v) is 2.59. The molecule has 0 bridgehead atoms. The number of rotatable bonds is 8. The van der Waals surface area contributed by atoms with Crippen LogP contribution in [0.25, 0.3) is 0 Å². The fourth-order valence-electron chi connectivity index (χ4n) is 2.44. The van der Waals surface area contributed by atoms with Crippen LogP contribution in [0, 0.1) is 11.7 Å². The van der Waals surface area contributed by atoms with Gasteiger partial charge in [-0.1, -0.05) is 51.3 Å². The standard InChI is InChI=1S/C16H25ClFN/c1-4-6-12(3)10-16(19-9-5-2)14-8-7-13(17)11-15(14)18/h7-8,11-12,16,19H,4-6,9-10H2,1-3H3. The third-order valence-electron chi connectivity index (χ3n) is 3.40. The molecule has 1 N–H and O–H groups in total. The van der Waals surface area contributed by atoms with Gasteiger partial charge in [0, 0.05) is 16.6 Å². The van der Waals surface area contributed by atoms with Crippen molar-refractivity contribution in [1.29, 1.82) is 0 Å². The molecule has 0 aliphatic carbocycles. The highest BCUT2D eigenvalue weighted by molar-refractivity contribution is 6.30. The van der Waals surface area contributed by atoms with Crippen LogP contribution in [-0.2, 0) is 0 Å². The van der Waals surface area contributed by atoms with E-state index < -0.39 is 0 Å². The molecule has 0 aliphatic rings. The van der Waals surface area contributed by atoms with E-state index in [0.717, 1.165) is 24.9 Å². The van der Waals surface area contributed by atoms with Crippen molar-refractivity contribution in [2.75, 3.05) is 6.54 Å². The summed E-state index contributed by atoms with van der Waals surface area (Å²) < 4.78 is 14.0. The molecular formula is C16H25ClFN. The maximum absolute atomic E-state index is 14.0. The van der Waals surface area contributed by atoms with Gasteiger partial charge in [-0.3, -0.25) is 0 Å². The first kappa shape index (κ1) is 16.5. The molecule has 19 heavy (non-hydrogen) atoms. The van der Waals surface area contributed by atoms with E-state index in [0.29, 0.717) is 10.9 Å². The molecule has 2 unspecified atom stereocenters. The molecule has 0 spiro atoms. The lowest BCUT2D eigenvalue weighted by Crippen LogP contribution is -2.25. The van der Waals surface area contributed by atoms with Gasteiger partial charge in [-0.15, -0.1) is 0 Å². The van der Waals surface area contributed by atoms with Gasteiger partial charge in [0.05, 0.1) is 0 Å². The Labute approximate surface area is 121 Å². The topological polar surface area (TPSA) is 12.0 Å². The number of nitrogens with one attached hydrogen (secondary N) is 1. The van der Waals surface area contributed by atoms with E-state index in [9.17, 15) is 4.39 Å². The minimum Gasteiger partial charge on any atom is -0.310 e. The Kier molecular flexibility index (Phi) is 7.40. The van der Waals surface area contributed by atoms with Crippen molar-refractivity contribution in [3.05, 3.63) is 34.6 Å². The minimum absolute atomic E-state index is 0.0822. The molecule has 0 aromatic heterocycles. The summed E-state index contributed by atoms with van der Waals surface area (Å²) in [5.74, 6) is 0.388. The molecule has 0 fully saturated rings. The summed E-state index contributed by atoms with van der Waals surface area (Å²) in [6.07, 6.45) is 4.37. The molecule has 3 heteroatoms. The van der Waals surface area contributed by atoms with E-state index in [-0.39, 0.29) is 11.9 Å². The summed E-state index contributed by atoms with van der Waals surface area (Å²) >= 11 is 5.82. The smallest absolute Gasteiger partial charge is 0.129 e. The lowest BCUT2D eigenvalue weighted by molar-refractivity contribution is 0.381. The van der Waals surface area contributed by atoms with Crippen LogP contribution >= 0.6 is 11.6 Å². The molecule has 1 rings (SSSR count). The number of hydrogen-bond donors (Lipinski definition) is 1. The van der Waals surface area contributed by atoms with Crippen LogP contribution in [0.3, 0.4) is 0 Å². The molecule has 1 nitrogen and oxygen atoms in total. The van der Waals surface area contributed by atoms with E-state index in [1.165, 1.54) is 18.9 Å². The fraction of sp³-hybridized carbons (Fsp3) is 0.625. The SMILES string of the molecule is CCCNC(CC(C)CCC)c1ccc(Cl)cc1F. The predicted octanol–water partition coefficient (Wildman–Crippen LogP) is 5.35. The third kappa shape index (κ3) is 5.50. The highest BCUT2D eigenvalue weighted by atomic mass is 35.5. The van der Waals surface area contributed by atoms with Crippen LogP contribution in [0.1, 0.15) is 58.1 Å². The molecule has 1 aromatic rings. The summed E-state index contributed by atoms with van der Waals surface area (Å²) in [5, 5.41) is 3.91. The number of benzene rings is 1. The quantitative estimate of drug-likeness (QED) is 0.679. The van der Waals surface area contributed by atoms with Crippen molar-refractivity contribution in [2.45, 2.75) is 52.5 Å². The molecule has 0 radical (unpaired) electrons. The monoisotopic (exact) mass is 285 g/mol. The maximum Gasteiger partial charge on any atom is 0.129 e. The second-order valence-corrected chi connectivity index (χ2v) is 5.74. The zero-order valence-corrected chi connectivity index (χ0v) is 12.9. The van der Waals surface area contributed by atoms with E-state index in [1.807, 2.05) is 6.07 Å². The van der Waals surface area contributed by atoms with Gasteiger partial charge in [0.15, 0.2) is 0 Å². The molecule has 0 saturated carbocycles. The average Bonchev–Trinajstić information content (AvgIpc) is 2.35.